The van der Waals surface area contributed by atoms with E-state index in [-0.39, 0.29) is 0 Å². The van der Waals surface area contributed by atoms with Gasteiger partial charge in [0.15, 0.2) is 0 Å². The average molecular weight is 755 g/mol. The highest BCUT2D eigenvalue weighted by Gasteiger charge is 2.30. The fourth-order valence-corrected chi connectivity index (χ4v) is 7.17. The van der Waals surface area contributed by atoms with Crippen LogP contribution in [0.2, 0.25) is 0 Å². The first-order valence-electron chi connectivity index (χ1n) is 20.8. The maximum absolute atomic E-state index is 11.0. The Balaban J connectivity index is 4.37. The van der Waals surface area contributed by atoms with E-state index in [0.717, 1.165) is 44.9 Å². The van der Waals surface area contributed by atoms with Crippen LogP contribution in [0.3, 0.4) is 0 Å². The number of hydrogen-bond donors (Lipinski definition) is 8. The normalized spacial score (nSPS) is 20.3. The van der Waals surface area contributed by atoms with Crippen molar-refractivity contribution < 1.29 is 40.9 Å². The molecule has 0 radical (unpaired) electrons. The highest BCUT2D eigenvalue weighted by atomic mass is 16.4. The van der Waals surface area contributed by atoms with Gasteiger partial charge in [-0.1, -0.05) is 34.9 Å². The third-order valence-corrected chi connectivity index (χ3v) is 11.3. The van der Waals surface area contributed by atoms with E-state index in [1.165, 1.54) is 16.7 Å². The van der Waals surface area contributed by atoms with Gasteiger partial charge in [0.2, 0.25) is 0 Å². The third kappa shape index (κ3) is 28.0. The summed E-state index contributed by atoms with van der Waals surface area (Å²) in [6.07, 6.45) is 20.1. The highest BCUT2D eigenvalue weighted by molar-refractivity contribution is 5.04. The molecule has 0 aromatic rings. The molecule has 0 aromatic heterocycles. The molecule has 0 heterocycles. The standard InChI is InChI=1S/C45H86O8/c1-36(2)19-12-24-40(5,48)26-15-28-42(7,50)30-17-32-44(9,52)33-18-31-43(8,51)29-16-27-41(6,49)25-13-22-37(3)20-11-21-38(4)23-14-34-45(10,53)39(47)35-46/h19-20,23,39,46-53H,11-18,21-22,24-35H2,1-10H3/b37-20+,38-23+/t39-,40-,41+,42-,43+,44-,45-/m1/s1. The summed E-state index contributed by atoms with van der Waals surface area (Å²) in [6, 6.07) is 0. The topological polar surface area (TPSA) is 162 Å². The summed E-state index contributed by atoms with van der Waals surface area (Å²) in [5.41, 5.74) is -1.56. The van der Waals surface area contributed by atoms with Crippen LogP contribution in [0, 0.1) is 0 Å². The molecule has 0 spiro atoms. The van der Waals surface area contributed by atoms with Gasteiger partial charge in [-0.3, -0.25) is 0 Å². The van der Waals surface area contributed by atoms with Gasteiger partial charge in [-0.05, 0) is 204 Å². The van der Waals surface area contributed by atoms with Crippen LogP contribution in [0.15, 0.2) is 34.9 Å². The highest BCUT2D eigenvalue weighted by Crippen LogP contribution is 2.31. The summed E-state index contributed by atoms with van der Waals surface area (Å²) in [6.45, 7) is 18.7. The Morgan fingerprint density at radius 3 is 1.13 bits per heavy atom. The molecule has 7 atom stereocenters. The smallest absolute Gasteiger partial charge is 0.105 e. The Morgan fingerprint density at radius 2 is 0.755 bits per heavy atom. The molecule has 8 N–H and O–H groups in total. The van der Waals surface area contributed by atoms with Crippen LogP contribution >= 0.6 is 0 Å². The molecule has 0 unspecified atom stereocenters. The van der Waals surface area contributed by atoms with E-state index in [2.05, 4.69) is 45.9 Å². The predicted molar refractivity (Wildman–Crippen MR) is 221 cm³/mol. The van der Waals surface area contributed by atoms with Crippen molar-refractivity contribution in [2.75, 3.05) is 6.61 Å². The summed E-state index contributed by atoms with van der Waals surface area (Å²) >= 11 is 0. The van der Waals surface area contributed by atoms with Crippen LogP contribution in [0.1, 0.15) is 204 Å². The van der Waals surface area contributed by atoms with Crippen molar-refractivity contribution in [3.05, 3.63) is 34.9 Å². The van der Waals surface area contributed by atoms with Gasteiger partial charge in [-0.15, -0.1) is 0 Å². The van der Waals surface area contributed by atoms with E-state index in [1.807, 2.05) is 34.6 Å². The van der Waals surface area contributed by atoms with E-state index >= 15 is 0 Å². The third-order valence-electron chi connectivity index (χ3n) is 11.3. The van der Waals surface area contributed by atoms with Crippen molar-refractivity contribution in [3.8, 4) is 0 Å². The molecular weight excluding hydrogens is 668 g/mol. The maximum Gasteiger partial charge on any atom is 0.105 e. The van der Waals surface area contributed by atoms with Gasteiger partial charge < -0.3 is 40.9 Å². The van der Waals surface area contributed by atoms with E-state index in [0.29, 0.717) is 89.9 Å². The zero-order valence-corrected chi connectivity index (χ0v) is 35.9. The zero-order valence-electron chi connectivity index (χ0n) is 35.9. The van der Waals surface area contributed by atoms with Crippen molar-refractivity contribution >= 4 is 0 Å². The predicted octanol–water partition coefficient (Wildman–Crippen LogP) is 8.90. The van der Waals surface area contributed by atoms with E-state index in [1.54, 1.807) is 6.92 Å². The van der Waals surface area contributed by atoms with Crippen molar-refractivity contribution in [2.24, 2.45) is 0 Å². The molecule has 0 aliphatic carbocycles. The molecule has 0 aliphatic heterocycles. The fraction of sp³-hybridized carbons (Fsp3) is 0.867. The second-order valence-corrected chi connectivity index (χ2v) is 18.8. The second-order valence-electron chi connectivity index (χ2n) is 18.8. The number of aliphatic hydroxyl groups excluding tert-OH is 2. The first kappa shape index (κ1) is 51.9. The van der Waals surface area contributed by atoms with Crippen molar-refractivity contribution in [3.63, 3.8) is 0 Å². The molecule has 0 rings (SSSR count). The minimum absolute atomic E-state index is 0.390. The molecule has 8 heteroatoms. The Morgan fingerprint density at radius 1 is 0.434 bits per heavy atom. The molecule has 0 bridgehead atoms. The van der Waals surface area contributed by atoms with Crippen LogP contribution in [-0.2, 0) is 0 Å². The molecule has 0 aliphatic rings. The average Bonchev–Trinajstić information content (AvgIpc) is 2.99. The molecule has 0 amide bonds. The lowest BCUT2D eigenvalue weighted by atomic mass is 9.84. The Labute approximate surface area is 325 Å². The molecule has 0 saturated carbocycles. The lowest BCUT2D eigenvalue weighted by molar-refractivity contribution is -0.0866. The molecule has 314 valence electrons. The number of aliphatic hydroxyl groups is 8. The summed E-state index contributed by atoms with van der Waals surface area (Å²) in [5, 5.41) is 83.6. The lowest BCUT2D eigenvalue weighted by Crippen LogP contribution is -2.41. The number of rotatable bonds is 31. The van der Waals surface area contributed by atoms with Crippen molar-refractivity contribution in [2.45, 2.75) is 244 Å². The number of allylic oxidation sites excluding steroid dienone is 6. The summed E-state index contributed by atoms with van der Waals surface area (Å²) in [4.78, 5) is 0. The van der Waals surface area contributed by atoms with Gasteiger partial charge in [-0.2, -0.15) is 0 Å². The monoisotopic (exact) mass is 755 g/mol. The quantitative estimate of drug-likeness (QED) is 0.0326. The lowest BCUT2D eigenvalue weighted by Gasteiger charge is -2.30. The Bertz CT molecular complexity index is 1080. The van der Waals surface area contributed by atoms with Crippen molar-refractivity contribution in [1.82, 2.24) is 0 Å². The first-order valence-corrected chi connectivity index (χ1v) is 20.8. The van der Waals surface area contributed by atoms with Crippen LogP contribution < -0.4 is 0 Å². The molecule has 0 fully saturated rings. The van der Waals surface area contributed by atoms with E-state index in [4.69, 9.17) is 5.11 Å². The van der Waals surface area contributed by atoms with Crippen LogP contribution in [-0.4, -0.2) is 87.2 Å². The van der Waals surface area contributed by atoms with Crippen LogP contribution in [0.4, 0.5) is 0 Å². The fourth-order valence-electron chi connectivity index (χ4n) is 7.17. The van der Waals surface area contributed by atoms with Gasteiger partial charge in [0.05, 0.1) is 40.2 Å². The SMILES string of the molecule is CC(C)=CCC[C@@](C)(O)CCC[C@@](C)(O)CCC[C@@](C)(O)CCC[C@@](C)(O)CCC[C@@](C)(O)CCC/C(C)=C/CC/C(C)=C/CC[C@@](C)(O)[C@H](O)CO. The second kappa shape index (κ2) is 24.5. The van der Waals surface area contributed by atoms with Gasteiger partial charge >= 0.3 is 0 Å². The van der Waals surface area contributed by atoms with E-state index in [9.17, 15) is 35.7 Å². The van der Waals surface area contributed by atoms with E-state index < -0.39 is 46.3 Å². The summed E-state index contributed by atoms with van der Waals surface area (Å²) < 4.78 is 0. The maximum atomic E-state index is 11.0. The summed E-state index contributed by atoms with van der Waals surface area (Å²) in [7, 11) is 0. The number of hydrogen-bond acceptors (Lipinski definition) is 8. The van der Waals surface area contributed by atoms with Crippen molar-refractivity contribution in [1.29, 1.82) is 0 Å². The minimum atomic E-state index is -1.30. The van der Waals surface area contributed by atoms with Gasteiger partial charge in [0, 0.05) is 0 Å². The molecular formula is C45H86O8. The van der Waals surface area contributed by atoms with Gasteiger partial charge in [0.1, 0.15) is 6.10 Å². The van der Waals surface area contributed by atoms with Crippen LogP contribution in [0.25, 0.3) is 0 Å². The molecule has 8 nitrogen and oxygen atoms in total. The first-order chi connectivity index (χ1) is 24.2. The van der Waals surface area contributed by atoms with Gasteiger partial charge in [0.25, 0.3) is 0 Å². The largest absolute Gasteiger partial charge is 0.394 e. The van der Waals surface area contributed by atoms with Gasteiger partial charge in [-0.25, -0.2) is 0 Å². The zero-order chi connectivity index (χ0) is 41.0. The molecule has 0 aromatic carbocycles. The summed E-state index contributed by atoms with van der Waals surface area (Å²) in [5.74, 6) is 0. The molecule has 0 saturated heterocycles. The Kier molecular flexibility index (Phi) is 24.0. The Hall–Kier alpha value is -1.10. The molecule has 53 heavy (non-hydrogen) atoms. The minimum Gasteiger partial charge on any atom is -0.394 e. The van der Waals surface area contributed by atoms with Crippen LogP contribution in [0.5, 0.6) is 0 Å².